The molecule has 0 unspecified atom stereocenters. The molecule has 2 aromatic rings. The lowest BCUT2D eigenvalue weighted by atomic mass is 10.1. The van der Waals surface area contributed by atoms with Crippen molar-refractivity contribution in [3.05, 3.63) is 35.7 Å². The van der Waals surface area contributed by atoms with Crippen LogP contribution in [0.3, 0.4) is 0 Å². The van der Waals surface area contributed by atoms with E-state index in [1.54, 1.807) is 26.0 Å². The molecule has 1 amide bonds. The molecule has 0 fully saturated rings. The van der Waals surface area contributed by atoms with E-state index in [-0.39, 0.29) is 10.1 Å². The summed E-state index contributed by atoms with van der Waals surface area (Å²) < 4.78 is 26.4. The number of amides is 1. The zero-order valence-corrected chi connectivity index (χ0v) is 13.5. The summed E-state index contributed by atoms with van der Waals surface area (Å²) in [4.78, 5) is 15.7. The van der Waals surface area contributed by atoms with Crippen LogP contribution in [0.1, 0.15) is 25.0 Å². The van der Waals surface area contributed by atoms with Gasteiger partial charge in [-0.3, -0.25) is 0 Å². The number of carbonyl (C=O) groups is 1. The Morgan fingerprint density at radius 1 is 1.32 bits per heavy atom. The Labute approximate surface area is 129 Å². The largest absolute Gasteiger partial charge is 0.343 e. The number of nitrogens with one attached hydrogen (secondary N) is 1. The van der Waals surface area contributed by atoms with E-state index in [0.29, 0.717) is 24.1 Å². The molecular weight excluding hydrogens is 304 g/mol. The Morgan fingerprint density at radius 2 is 2.05 bits per heavy atom. The van der Waals surface area contributed by atoms with E-state index in [0.717, 1.165) is 11.0 Å². The van der Waals surface area contributed by atoms with Gasteiger partial charge in [0.25, 0.3) is 5.16 Å². The van der Waals surface area contributed by atoms with Crippen LogP contribution < -0.4 is 5.32 Å². The second kappa shape index (κ2) is 6.27. The van der Waals surface area contributed by atoms with Gasteiger partial charge in [0.05, 0.1) is 4.90 Å². The van der Waals surface area contributed by atoms with Crippen LogP contribution >= 0.6 is 0 Å². The normalized spacial score (nSPS) is 11.4. The van der Waals surface area contributed by atoms with Crippen LogP contribution in [0, 0.1) is 6.92 Å². The lowest BCUT2D eigenvalue weighted by Gasteiger charge is -2.09. The van der Waals surface area contributed by atoms with Crippen LogP contribution in [0.25, 0.3) is 0 Å². The maximum Gasteiger partial charge on any atom is 0.343 e. The van der Waals surface area contributed by atoms with Crippen LogP contribution in [0.4, 0.5) is 4.79 Å². The van der Waals surface area contributed by atoms with Gasteiger partial charge < -0.3 is 5.32 Å². The predicted molar refractivity (Wildman–Crippen MR) is 80.5 cm³/mol. The molecular formula is C14H18N4O3S. The van der Waals surface area contributed by atoms with Gasteiger partial charge in [0, 0.05) is 6.54 Å². The van der Waals surface area contributed by atoms with Gasteiger partial charge in [-0.25, -0.2) is 18.2 Å². The summed E-state index contributed by atoms with van der Waals surface area (Å²) in [6.45, 7) is 5.78. The van der Waals surface area contributed by atoms with E-state index in [4.69, 9.17) is 0 Å². The quantitative estimate of drug-likeness (QED) is 0.922. The molecule has 8 heteroatoms. The van der Waals surface area contributed by atoms with Crippen molar-refractivity contribution in [1.29, 1.82) is 0 Å². The Morgan fingerprint density at radius 3 is 2.68 bits per heavy atom. The van der Waals surface area contributed by atoms with Crippen LogP contribution in [0.2, 0.25) is 0 Å². The molecule has 0 aliphatic carbocycles. The molecule has 0 aliphatic heterocycles. The monoisotopic (exact) mass is 322 g/mol. The second-order valence-corrected chi connectivity index (χ2v) is 6.51. The Balaban J connectivity index is 2.51. The average molecular weight is 322 g/mol. The number of aryl methyl sites for hydroxylation is 2. The smallest absolute Gasteiger partial charge is 0.336 e. The SMILES string of the molecule is CCNC(=O)n1cnc(S(=O)(=O)c2c(C)cccc2CC)n1. The van der Waals surface area contributed by atoms with Gasteiger partial charge in [-0.05, 0) is 31.4 Å². The average Bonchev–Trinajstić information content (AvgIpc) is 2.97. The number of benzene rings is 1. The number of sulfone groups is 1. The first-order valence-electron chi connectivity index (χ1n) is 6.95. The summed E-state index contributed by atoms with van der Waals surface area (Å²) in [6, 6.07) is 4.79. The summed E-state index contributed by atoms with van der Waals surface area (Å²) in [5, 5.41) is 5.95. The van der Waals surface area contributed by atoms with E-state index < -0.39 is 15.9 Å². The first-order chi connectivity index (χ1) is 10.4. The number of rotatable bonds is 4. The van der Waals surface area contributed by atoms with Gasteiger partial charge in [-0.2, -0.15) is 4.68 Å². The van der Waals surface area contributed by atoms with Crippen molar-refractivity contribution < 1.29 is 13.2 Å². The lowest BCUT2D eigenvalue weighted by Crippen LogP contribution is -2.28. The minimum Gasteiger partial charge on any atom is -0.336 e. The van der Waals surface area contributed by atoms with Gasteiger partial charge in [0.2, 0.25) is 9.84 Å². The summed E-state index contributed by atoms with van der Waals surface area (Å²) in [5.41, 5.74) is 1.34. The third-order valence-electron chi connectivity index (χ3n) is 3.19. The summed E-state index contributed by atoms with van der Waals surface area (Å²) in [7, 11) is -3.86. The number of aromatic nitrogens is 3. The van der Waals surface area contributed by atoms with E-state index in [2.05, 4.69) is 15.4 Å². The topological polar surface area (TPSA) is 94.0 Å². The van der Waals surface area contributed by atoms with Crippen molar-refractivity contribution in [2.45, 2.75) is 37.2 Å². The van der Waals surface area contributed by atoms with Crippen molar-refractivity contribution in [3.8, 4) is 0 Å². The Bertz CT molecular complexity index is 796. The van der Waals surface area contributed by atoms with Crippen LogP contribution in [0.5, 0.6) is 0 Å². The number of carbonyl (C=O) groups excluding carboxylic acids is 1. The molecule has 0 atom stereocenters. The fraction of sp³-hybridized carbons (Fsp3) is 0.357. The highest BCUT2D eigenvalue weighted by atomic mass is 32.2. The van der Waals surface area contributed by atoms with Gasteiger partial charge in [0.1, 0.15) is 6.33 Å². The zero-order valence-electron chi connectivity index (χ0n) is 12.7. The lowest BCUT2D eigenvalue weighted by molar-refractivity contribution is 0.239. The molecule has 0 aliphatic rings. The van der Waals surface area contributed by atoms with Crippen molar-refractivity contribution >= 4 is 15.9 Å². The highest BCUT2D eigenvalue weighted by molar-refractivity contribution is 7.91. The molecule has 7 nitrogen and oxygen atoms in total. The van der Waals surface area contributed by atoms with Gasteiger partial charge in [-0.15, -0.1) is 5.10 Å². The maximum atomic E-state index is 12.8. The first-order valence-corrected chi connectivity index (χ1v) is 8.43. The molecule has 1 aromatic carbocycles. The molecule has 1 N–H and O–H groups in total. The fourth-order valence-corrected chi connectivity index (χ4v) is 3.78. The molecule has 1 heterocycles. The molecule has 118 valence electrons. The number of hydrogen-bond acceptors (Lipinski definition) is 5. The minimum atomic E-state index is -3.86. The second-order valence-electron chi connectivity index (χ2n) is 4.73. The highest BCUT2D eigenvalue weighted by Crippen LogP contribution is 2.25. The maximum absolute atomic E-state index is 12.8. The third kappa shape index (κ3) is 2.87. The molecule has 0 radical (unpaired) electrons. The molecule has 1 aromatic heterocycles. The predicted octanol–water partition coefficient (Wildman–Crippen LogP) is 1.56. The summed E-state index contributed by atoms with van der Waals surface area (Å²) in [5.74, 6) is 0. The van der Waals surface area contributed by atoms with E-state index in [1.807, 2.05) is 13.0 Å². The molecule has 0 saturated carbocycles. The Hall–Kier alpha value is -2.22. The van der Waals surface area contributed by atoms with Crippen molar-refractivity contribution in [1.82, 2.24) is 20.1 Å². The van der Waals surface area contributed by atoms with Gasteiger partial charge >= 0.3 is 6.03 Å². The van der Waals surface area contributed by atoms with Gasteiger partial charge in [-0.1, -0.05) is 25.1 Å². The highest BCUT2D eigenvalue weighted by Gasteiger charge is 2.27. The van der Waals surface area contributed by atoms with Gasteiger partial charge in [0.15, 0.2) is 0 Å². The summed E-state index contributed by atoms with van der Waals surface area (Å²) in [6.07, 6.45) is 1.68. The fourth-order valence-electron chi connectivity index (χ4n) is 2.17. The standard InChI is InChI=1S/C14H18N4O3S/c1-4-11-8-6-7-10(3)12(11)22(20,21)13-16-9-18(17-13)14(19)15-5-2/h6-9H,4-5H2,1-3H3,(H,15,19). The third-order valence-corrected chi connectivity index (χ3v) is 4.98. The van der Waals surface area contributed by atoms with Crippen molar-refractivity contribution in [3.63, 3.8) is 0 Å². The molecule has 22 heavy (non-hydrogen) atoms. The van der Waals surface area contributed by atoms with Crippen LogP contribution in [-0.4, -0.2) is 35.8 Å². The molecule has 0 bridgehead atoms. The van der Waals surface area contributed by atoms with Crippen molar-refractivity contribution in [2.75, 3.05) is 6.54 Å². The van der Waals surface area contributed by atoms with Crippen molar-refractivity contribution in [2.24, 2.45) is 0 Å². The molecule has 0 spiro atoms. The van der Waals surface area contributed by atoms with E-state index >= 15 is 0 Å². The first kappa shape index (κ1) is 16.2. The number of nitrogens with zero attached hydrogens (tertiary/aromatic N) is 3. The molecule has 0 saturated heterocycles. The summed E-state index contributed by atoms with van der Waals surface area (Å²) >= 11 is 0. The van der Waals surface area contributed by atoms with Crippen LogP contribution in [0.15, 0.2) is 34.6 Å². The van der Waals surface area contributed by atoms with Crippen LogP contribution in [-0.2, 0) is 16.3 Å². The minimum absolute atomic E-state index is 0.214. The Kier molecular flexibility index (Phi) is 4.60. The molecule has 2 rings (SSSR count). The zero-order chi connectivity index (χ0) is 16.3. The van der Waals surface area contributed by atoms with E-state index in [9.17, 15) is 13.2 Å². The number of hydrogen-bond donors (Lipinski definition) is 1. The van der Waals surface area contributed by atoms with E-state index in [1.165, 1.54) is 0 Å².